The van der Waals surface area contributed by atoms with Gasteiger partial charge in [-0.15, -0.1) is 11.8 Å². The predicted octanol–water partition coefficient (Wildman–Crippen LogP) is 5.25. The van der Waals surface area contributed by atoms with Crippen LogP contribution in [0.15, 0.2) is 48.5 Å². The van der Waals surface area contributed by atoms with E-state index >= 15 is 0 Å². The summed E-state index contributed by atoms with van der Waals surface area (Å²) >= 11 is 7.45. The number of halogens is 1. The molecule has 1 N–H and O–H groups in total. The molecule has 0 aromatic heterocycles. The van der Waals surface area contributed by atoms with Crippen LogP contribution in [0.5, 0.6) is 0 Å². The molecule has 1 aliphatic rings. The Kier molecular flexibility index (Phi) is 6.86. The number of aryl methyl sites for hydroxylation is 1. The van der Waals surface area contributed by atoms with E-state index in [-0.39, 0.29) is 23.9 Å². The monoisotopic (exact) mass is 418 g/mol. The summed E-state index contributed by atoms with van der Waals surface area (Å²) in [6.45, 7) is 4.18. The molecule has 5 nitrogen and oxygen atoms in total. The van der Waals surface area contributed by atoms with Gasteiger partial charge in [0.1, 0.15) is 12.0 Å². The number of nitrogens with one attached hydrogen (secondary N) is 1. The minimum atomic E-state index is -0.549. The fraction of sp³-hybridized carbons (Fsp3) is 0.333. The second kappa shape index (κ2) is 9.34. The Morgan fingerprint density at radius 2 is 1.93 bits per heavy atom. The molecule has 28 heavy (non-hydrogen) atoms. The van der Waals surface area contributed by atoms with Gasteiger partial charge in [0.15, 0.2) is 0 Å². The van der Waals surface area contributed by atoms with E-state index < -0.39 is 6.09 Å². The van der Waals surface area contributed by atoms with E-state index in [2.05, 4.69) is 17.4 Å². The number of anilines is 1. The third-order valence-corrected chi connectivity index (χ3v) is 6.11. The van der Waals surface area contributed by atoms with E-state index in [1.807, 2.05) is 30.9 Å². The molecule has 1 aliphatic heterocycles. The number of hydrogen-bond donors (Lipinski definition) is 1. The molecular formula is C21H23ClN2O3S. The Hall–Kier alpha value is -2.18. The molecular weight excluding hydrogens is 396 g/mol. The van der Waals surface area contributed by atoms with Crippen LogP contribution >= 0.6 is 23.4 Å². The maximum Gasteiger partial charge on any atom is 0.411 e. The second-order valence-electron chi connectivity index (χ2n) is 6.67. The van der Waals surface area contributed by atoms with Gasteiger partial charge in [-0.3, -0.25) is 10.1 Å². The van der Waals surface area contributed by atoms with E-state index in [9.17, 15) is 9.59 Å². The molecule has 148 valence electrons. The highest BCUT2D eigenvalue weighted by molar-refractivity contribution is 8.00. The van der Waals surface area contributed by atoms with Gasteiger partial charge < -0.3 is 9.64 Å². The summed E-state index contributed by atoms with van der Waals surface area (Å²) in [6, 6.07) is 14.8. The largest absolute Gasteiger partial charge is 0.447 e. The number of amides is 2. The summed E-state index contributed by atoms with van der Waals surface area (Å²) in [4.78, 5) is 26.5. The van der Waals surface area contributed by atoms with Crippen LogP contribution in [0, 0.1) is 6.92 Å². The van der Waals surface area contributed by atoms with Gasteiger partial charge >= 0.3 is 6.09 Å². The first kappa shape index (κ1) is 20.6. The Labute approximate surface area is 174 Å². The minimum Gasteiger partial charge on any atom is -0.447 e. The van der Waals surface area contributed by atoms with Crippen molar-refractivity contribution >= 4 is 41.1 Å². The normalized spacial score (nSPS) is 17.5. The second-order valence-corrected chi connectivity index (χ2v) is 8.17. The zero-order valence-electron chi connectivity index (χ0n) is 15.9. The van der Waals surface area contributed by atoms with Crippen LogP contribution in [0.4, 0.5) is 10.5 Å². The van der Waals surface area contributed by atoms with E-state index in [0.717, 1.165) is 5.56 Å². The summed E-state index contributed by atoms with van der Waals surface area (Å²) in [5.74, 6) is 0.510. The zero-order chi connectivity index (χ0) is 20.1. The van der Waals surface area contributed by atoms with E-state index in [0.29, 0.717) is 22.9 Å². The van der Waals surface area contributed by atoms with Crippen molar-refractivity contribution in [2.45, 2.75) is 31.7 Å². The van der Waals surface area contributed by atoms with Gasteiger partial charge in [0.25, 0.3) is 0 Å². The lowest BCUT2D eigenvalue weighted by Crippen LogP contribution is -2.41. The topological polar surface area (TPSA) is 58.6 Å². The summed E-state index contributed by atoms with van der Waals surface area (Å²) in [5, 5.41) is 3.21. The van der Waals surface area contributed by atoms with E-state index in [1.54, 1.807) is 36.0 Å². The Morgan fingerprint density at radius 1 is 1.25 bits per heavy atom. The summed E-state index contributed by atoms with van der Waals surface area (Å²) in [6.07, 6.45) is 0.148. The molecule has 3 rings (SSSR count). The first-order valence-corrected chi connectivity index (χ1v) is 10.6. The summed E-state index contributed by atoms with van der Waals surface area (Å²) in [7, 11) is 0. The van der Waals surface area contributed by atoms with Gasteiger partial charge in [0.05, 0.1) is 11.8 Å². The molecule has 1 fully saturated rings. The molecule has 2 amide bonds. The van der Waals surface area contributed by atoms with Crippen molar-refractivity contribution in [1.29, 1.82) is 0 Å². The molecule has 1 heterocycles. The highest BCUT2D eigenvalue weighted by Crippen LogP contribution is 2.40. The van der Waals surface area contributed by atoms with Crippen molar-refractivity contribution in [2.24, 2.45) is 0 Å². The number of carbonyl (C=O) groups is 2. The summed E-state index contributed by atoms with van der Waals surface area (Å²) < 4.78 is 5.41. The standard InChI is InChI=1S/C21H23ClN2O3S/c1-3-18(12-27-21(26)23-17-10-8-16(22)9-11-17)24-19(25)13-28-20(24)15-6-4-14(2)5-7-15/h4-11,18,20H,3,12-13H2,1-2H3,(H,23,26)/t18-,20-/m0/s1. The Balaban J connectivity index is 1.63. The van der Waals surface area contributed by atoms with E-state index in [4.69, 9.17) is 16.3 Å². The SMILES string of the molecule is CC[C@@H](COC(=O)Nc1ccc(Cl)cc1)N1C(=O)CS[C@H]1c1ccc(C)cc1. The smallest absolute Gasteiger partial charge is 0.411 e. The van der Waals surface area contributed by atoms with Crippen LogP contribution < -0.4 is 5.32 Å². The van der Waals surface area contributed by atoms with Crippen LogP contribution in [-0.4, -0.2) is 35.3 Å². The lowest BCUT2D eigenvalue weighted by Gasteiger charge is -2.32. The Morgan fingerprint density at radius 3 is 2.57 bits per heavy atom. The molecule has 0 unspecified atom stereocenters. The number of thioether (sulfide) groups is 1. The van der Waals surface area contributed by atoms with Gasteiger partial charge in [-0.1, -0.05) is 48.4 Å². The fourth-order valence-electron chi connectivity index (χ4n) is 3.07. The van der Waals surface area contributed by atoms with Gasteiger partial charge in [0, 0.05) is 10.7 Å². The molecule has 7 heteroatoms. The third-order valence-electron chi connectivity index (χ3n) is 4.63. The van der Waals surface area contributed by atoms with Crippen molar-refractivity contribution in [2.75, 3.05) is 17.7 Å². The van der Waals surface area contributed by atoms with Crippen LogP contribution in [-0.2, 0) is 9.53 Å². The van der Waals surface area contributed by atoms with Crippen LogP contribution in [0.2, 0.25) is 5.02 Å². The lowest BCUT2D eigenvalue weighted by atomic mass is 10.1. The lowest BCUT2D eigenvalue weighted by molar-refractivity contribution is -0.131. The van der Waals surface area contributed by atoms with Gasteiger partial charge in [-0.25, -0.2) is 4.79 Å². The number of hydrogen-bond acceptors (Lipinski definition) is 4. The maximum atomic E-state index is 12.5. The molecule has 0 bridgehead atoms. The quantitative estimate of drug-likeness (QED) is 0.696. The average molecular weight is 419 g/mol. The third kappa shape index (κ3) is 5.00. The number of ether oxygens (including phenoxy) is 1. The van der Waals surface area contributed by atoms with Crippen LogP contribution in [0.3, 0.4) is 0 Å². The highest BCUT2D eigenvalue weighted by atomic mass is 35.5. The molecule has 0 aliphatic carbocycles. The molecule has 2 aromatic carbocycles. The average Bonchev–Trinajstić information content (AvgIpc) is 3.06. The molecule has 2 atom stereocenters. The van der Waals surface area contributed by atoms with Crippen molar-refractivity contribution in [3.8, 4) is 0 Å². The van der Waals surface area contributed by atoms with Gasteiger partial charge in [-0.2, -0.15) is 0 Å². The molecule has 0 saturated carbocycles. The molecule has 1 saturated heterocycles. The highest BCUT2D eigenvalue weighted by Gasteiger charge is 2.37. The zero-order valence-corrected chi connectivity index (χ0v) is 17.4. The van der Waals surface area contributed by atoms with Crippen molar-refractivity contribution < 1.29 is 14.3 Å². The molecule has 0 spiro atoms. The predicted molar refractivity (Wildman–Crippen MR) is 114 cm³/mol. The maximum absolute atomic E-state index is 12.5. The fourth-order valence-corrected chi connectivity index (χ4v) is 4.45. The van der Waals surface area contributed by atoms with Crippen LogP contribution in [0.25, 0.3) is 0 Å². The van der Waals surface area contributed by atoms with Crippen molar-refractivity contribution in [1.82, 2.24) is 4.90 Å². The first-order chi connectivity index (χ1) is 13.5. The van der Waals surface area contributed by atoms with Crippen molar-refractivity contribution in [3.63, 3.8) is 0 Å². The molecule has 0 radical (unpaired) electrons. The van der Waals surface area contributed by atoms with E-state index in [1.165, 1.54) is 5.56 Å². The number of nitrogens with zero attached hydrogens (tertiary/aromatic N) is 1. The van der Waals surface area contributed by atoms with Gasteiger partial charge in [0.2, 0.25) is 5.91 Å². The number of benzene rings is 2. The minimum absolute atomic E-state index is 0.0547. The van der Waals surface area contributed by atoms with Crippen molar-refractivity contribution in [3.05, 3.63) is 64.7 Å². The number of carbonyl (C=O) groups excluding carboxylic acids is 2. The first-order valence-electron chi connectivity index (χ1n) is 9.16. The number of rotatable bonds is 6. The Bertz CT molecular complexity index is 827. The van der Waals surface area contributed by atoms with Gasteiger partial charge in [-0.05, 0) is 43.2 Å². The van der Waals surface area contributed by atoms with Crippen LogP contribution in [0.1, 0.15) is 29.8 Å². The summed E-state index contributed by atoms with van der Waals surface area (Å²) in [5.41, 5.74) is 2.87. The molecule has 2 aromatic rings.